The molecule has 1 aliphatic carbocycles. The van der Waals surface area contributed by atoms with Gasteiger partial charge in [0.1, 0.15) is 5.60 Å². The van der Waals surface area contributed by atoms with Crippen LogP contribution in [0.1, 0.15) is 32.6 Å². The molecule has 2 saturated heterocycles. The highest BCUT2D eigenvalue weighted by Gasteiger charge is 2.76. The van der Waals surface area contributed by atoms with Crippen LogP contribution in [0.3, 0.4) is 0 Å². The summed E-state index contributed by atoms with van der Waals surface area (Å²) in [5, 5.41) is 0. The summed E-state index contributed by atoms with van der Waals surface area (Å²) >= 11 is 0. The lowest BCUT2D eigenvalue weighted by Gasteiger charge is -2.67. The van der Waals surface area contributed by atoms with Crippen molar-refractivity contribution in [1.29, 1.82) is 0 Å². The van der Waals surface area contributed by atoms with Gasteiger partial charge in [0, 0.05) is 13.0 Å². The van der Waals surface area contributed by atoms with E-state index in [1.807, 2.05) is 0 Å². The van der Waals surface area contributed by atoms with E-state index in [4.69, 9.17) is 9.57 Å². The van der Waals surface area contributed by atoms with Crippen LogP contribution in [-0.2, 0) is 9.57 Å². The minimum absolute atomic E-state index is 0.0472. The van der Waals surface area contributed by atoms with Crippen molar-refractivity contribution >= 4 is 0 Å². The van der Waals surface area contributed by atoms with Gasteiger partial charge in [-0.05, 0) is 38.6 Å². The average Bonchev–Trinajstić information content (AvgIpc) is 2.77. The van der Waals surface area contributed by atoms with Gasteiger partial charge in [0.25, 0.3) is 0 Å². The maximum atomic E-state index is 6.44. The minimum atomic E-state index is 0.0472. The largest absolute Gasteiger partial charge is 0.439 e. The molecule has 19 heavy (non-hydrogen) atoms. The van der Waals surface area contributed by atoms with Gasteiger partial charge in [0.05, 0.1) is 18.2 Å². The van der Waals surface area contributed by atoms with Crippen LogP contribution in [0.5, 0.6) is 0 Å². The zero-order chi connectivity index (χ0) is 13.1. The first-order chi connectivity index (χ1) is 9.26. The van der Waals surface area contributed by atoms with Crippen LogP contribution in [0, 0.1) is 5.92 Å². The SMILES string of the molecule is C/C=C\C1=C([NH2+]OC)OC2(C1)CN1CCC3CCC312. The Morgan fingerprint density at radius 3 is 3.00 bits per heavy atom. The number of nitrogens with zero attached hydrogens (tertiary/aromatic N) is 1. The van der Waals surface area contributed by atoms with Crippen molar-refractivity contribution in [3.8, 4) is 0 Å². The standard InChI is InChI=1S/C15H22N2O2/c1-3-4-11-9-14(19-13(11)16-18-2)10-17-8-6-12-5-7-15(12,14)17/h3-4,12,16H,5-10H2,1-2H3/p+1/b4-3-. The Hall–Kier alpha value is -0.840. The summed E-state index contributed by atoms with van der Waals surface area (Å²) in [5.74, 6) is 1.82. The first-order valence-electron chi connectivity index (χ1n) is 7.42. The van der Waals surface area contributed by atoms with Crippen molar-refractivity contribution in [3.05, 3.63) is 23.6 Å². The van der Waals surface area contributed by atoms with E-state index in [1.54, 1.807) is 12.6 Å². The quantitative estimate of drug-likeness (QED) is 0.770. The highest BCUT2D eigenvalue weighted by Crippen LogP contribution is 2.66. The lowest BCUT2D eigenvalue weighted by atomic mass is 9.53. The molecule has 3 fully saturated rings. The molecule has 1 saturated carbocycles. The molecule has 0 aromatic rings. The average molecular weight is 263 g/mol. The van der Waals surface area contributed by atoms with E-state index >= 15 is 0 Å². The molecule has 3 atom stereocenters. The molecule has 4 heteroatoms. The van der Waals surface area contributed by atoms with Gasteiger partial charge in [-0.3, -0.25) is 4.90 Å². The van der Waals surface area contributed by atoms with E-state index < -0.39 is 0 Å². The number of hydroxylamine groups is 1. The fraction of sp³-hybridized carbons (Fsp3) is 0.733. The summed E-state index contributed by atoms with van der Waals surface area (Å²) in [6.07, 6.45) is 9.42. The van der Waals surface area contributed by atoms with E-state index in [0.29, 0.717) is 5.54 Å². The molecule has 0 aromatic heterocycles. The van der Waals surface area contributed by atoms with Crippen molar-refractivity contribution < 1.29 is 15.1 Å². The van der Waals surface area contributed by atoms with Gasteiger partial charge < -0.3 is 4.74 Å². The fourth-order valence-electron chi connectivity index (χ4n) is 4.98. The van der Waals surface area contributed by atoms with Gasteiger partial charge in [0.15, 0.2) is 0 Å². The molecule has 3 aliphatic heterocycles. The molecular formula is C15H23N2O2+. The maximum absolute atomic E-state index is 6.44. The summed E-state index contributed by atoms with van der Waals surface area (Å²) in [6.45, 7) is 4.44. The second-order valence-electron chi connectivity index (χ2n) is 6.39. The number of nitrogens with two attached hydrogens (primary N) is 1. The molecule has 0 bridgehead atoms. The van der Waals surface area contributed by atoms with Crippen LogP contribution in [0.15, 0.2) is 23.6 Å². The van der Waals surface area contributed by atoms with E-state index in [1.165, 1.54) is 31.4 Å². The summed E-state index contributed by atoms with van der Waals surface area (Å²) in [5.41, 5.74) is 3.48. The third kappa shape index (κ3) is 1.25. The first kappa shape index (κ1) is 11.9. The van der Waals surface area contributed by atoms with E-state index in [0.717, 1.165) is 24.8 Å². The Kier molecular flexibility index (Phi) is 2.41. The van der Waals surface area contributed by atoms with E-state index in [9.17, 15) is 0 Å². The monoisotopic (exact) mass is 263 g/mol. The van der Waals surface area contributed by atoms with Crippen molar-refractivity contribution in [2.75, 3.05) is 20.2 Å². The minimum Gasteiger partial charge on any atom is -0.439 e. The number of quaternary nitrogens is 1. The molecule has 2 spiro atoms. The number of allylic oxidation sites excluding steroid dienone is 2. The molecule has 0 amide bonds. The van der Waals surface area contributed by atoms with Gasteiger partial charge >= 0.3 is 5.88 Å². The Morgan fingerprint density at radius 2 is 2.37 bits per heavy atom. The van der Waals surface area contributed by atoms with Crippen molar-refractivity contribution in [2.45, 2.75) is 43.7 Å². The van der Waals surface area contributed by atoms with Crippen LogP contribution >= 0.6 is 0 Å². The zero-order valence-corrected chi connectivity index (χ0v) is 11.8. The van der Waals surface area contributed by atoms with Crippen molar-refractivity contribution in [1.82, 2.24) is 4.90 Å². The molecular weight excluding hydrogens is 240 g/mol. The molecule has 4 nitrogen and oxygen atoms in total. The number of hydrogen-bond donors (Lipinski definition) is 1. The Labute approximate surface area is 114 Å². The van der Waals surface area contributed by atoms with Crippen molar-refractivity contribution in [2.24, 2.45) is 5.92 Å². The number of rotatable bonds is 3. The Morgan fingerprint density at radius 1 is 1.47 bits per heavy atom. The van der Waals surface area contributed by atoms with Crippen LogP contribution in [-0.4, -0.2) is 36.2 Å². The van der Waals surface area contributed by atoms with E-state index in [2.05, 4.69) is 24.0 Å². The normalized spacial score (nSPS) is 44.2. The summed E-state index contributed by atoms with van der Waals surface area (Å²) < 4.78 is 6.44. The lowest BCUT2D eigenvalue weighted by molar-refractivity contribution is -0.870. The van der Waals surface area contributed by atoms with Gasteiger partial charge in [0.2, 0.25) is 0 Å². The third-order valence-corrected chi connectivity index (χ3v) is 5.79. The predicted octanol–water partition coefficient (Wildman–Crippen LogP) is 0.926. The Bertz CT molecular complexity index is 465. The topological polar surface area (TPSA) is 38.3 Å². The second kappa shape index (κ2) is 3.84. The summed E-state index contributed by atoms with van der Waals surface area (Å²) in [6, 6.07) is 0. The maximum Gasteiger partial charge on any atom is 0.325 e. The highest BCUT2D eigenvalue weighted by atomic mass is 16.7. The second-order valence-corrected chi connectivity index (χ2v) is 6.39. The van der Waals surface area contributed by atoms with Crippen LogP contribution in [0.2, 0.25) is 0 Å². The van der Waals surface area contributed by atoms with Gasteiger partial charge in [-0.2, -0.15) is 0 Å². The molecule has 2 N–H and O–H groups in total. The summed E-state index contributed by atoms with van der Waals surface area (Å²) in [4.78, 5) is 7.87. The smallest absolute Gasteiger partial charge is 0.325 e. The molecule has 104 valence electrons. The fourth-order valence-corrected chi connectivity index (χ4v) is 4.98. The van der Waals surface area contributed by atoms with Crippen molar-refractivity contribution in [3.63, 3.8) is 0 Å². The van der Waals surface area contributed by atoms with Crippen LogP contribution in [0.4, 0.5) is 0 Å². The highest BCUT2D eigenvalue weighted by molar-refractivity contribution is 5.37. The summed E-state index contributed by atoms with van der Waals surface area (Å²) in [7, 11) is 1.70. The zero-order valence-electron chi connectivity index (χ0n) is 11.8. The molecule has 3 heterocycles. The van der Waals surface area contributed by atoms with Crippen LogP contribution < -0.4 is 5.48 Å². The number of hydrogen-bond acceptors (Lipinski definition) is 3. The van der Waals surface area contributed by atoms with Gasteiger partial charge in [-0.1, -0.05) is 12.2 Å². The van der Waals surface area contributed by atoms with Gasteiger partial charge in [-0.15, -0.1) is 5.48 Å². The molecule has 0 radical (unpaired) electrons. The molecule has 3 unspecified atom stereocenters. The predicted molar refractivity (Wildman–Crippen MR) is 70.9 cm³/mol. The molecule has 4 aliphatic rings. The third-order valence-electron chi connectivity index (χ3n) is 5.79. The lowest BCUT2D eigenvalue weighted by Crippen LogP contribution is -2.85. The Balaban J connectivity index is 1.63. The van der Waals surface area contributed by atoms with E-state index in [-0.39, 0.29) is 5.60 Å². The molecule has 0 aromatic carbocycles. The molecule has 4 rings (SSSR count). The van der Waals surface area contributed by atoms with Gasteiger partial charge in [-0.25, -0.2) is 4.84 Å². The first-order valence-corrected chi connectivity index (χ1v) is 7.42. The van der Waals surface area contributed by atoms with Crippen LogP contribution in [0.25, 0.3) is 0 Å². The number of ether oxygens (including phenoxy) is 1.